The molecule has 1 aliphatic rings. The summed E-state index contributed by atoms with van der Waals surface area (Å²) in [5.74, 6) is 2.19. The van der Waals surface area contributed by atoms with E-state index in [2.05, 4.69) is 40.1 Å². The van der Waals surface area contributed by atoms with Crippen molar-refractivity contribution in [2.45, 2.75) is 31.8 Å². The number of nitrogens with one attached hydrogen (secondary N) is 1. The van der Waals surface area contributed by atoms with Crippen LogP contribution in [0.2, 0.25) is 0 Å². The van der Waals surface area contributed by atoms with Crippen LogP contribution in [0.4, 0.5) is 4.39 Å². The van der Waals surface area contributed by atoms with Crippen LogP contribution in [0.3, 0.4) is 0 Å². The Morgan fingerprint density at radius 1 is 1.52 bits per heavy atom. The molecule has 2 unspecified atom stereocenters. The molecule has 1 N–H and O–H groups in total. The van der Waals surface area contributed by atoms with E-state index in [9.17, 15) is 4.39 Å². The quantitative estimate of drug-likeness (QED) is 0.819. The molecule has 118 valence electrons. The summed E-state index contributed by atoms with van der Waals surface area (Å²) in [5, 5.41) is 3.69. The van der Waals surface area contributed by atoms with Crippen LogP contribution >= 0.6 is 27.7 Å². The van der Waals surface area contributed by atoms with Crippen molar-refractivity contribution in [1.29, 1.82) is 0 Å². The Labute approximate surface area is 140 Å². The van der Waals surface area contributed by atoms with Crippen molar-refractivity contribution in [3.63, 3.8) is 0 Å². The Bertz CT molecular complexity index is 458. The first-order valence-electron chi connectivity index (χ1n) is 7.57. The fraction of sp³-hybridized carbons (Fsp3) is 0.625. The van der Waals surface area contributed by atoms with Gasteiger partial charge in [-0.1, -0.05) is 28.9 Å². The van der Waals surface area contributed by atoms with Gasteiger partial charge in [0, 0.05) is 34.6 Å². The summed E-state index contributed by atoms with van der Waals surface area (Å²) in [6, 6.07) is 5.95. The minimum Gasteiger partial charge on any atom is -0.312 e. The molecule has 5 heteroatoms. The summed E-state index contributed by atoms with van der Waals surface area (Å²) in [5.41, 5.74) is 1.17. The highest BCUT2D eigenvalue weighted by atomic mass is 79.9. The molecule has 1 aromatic rings. The highest BCUT2D eigenvalue weighted by molar-refractivity contribution is 9.10. The van der Waals surface area contributed by atoms with Gasteiger partial charge >= 0.3 is 0 Å². The molecule has 0 saturated carbocycles. The molecule has 0 amide bonds. The number of hydrogen-bond acceptors (Lipinski definition) is 3. The van der Waals surface area contributed by atoms with Gasteiger partial charge in [-0.25, -0.2) is 4.39 Å². The minimum atomic E-state index is -0.186. The molecule has 2 atom stereocenters. The van der Waals surface area contributed by atoms with Crippen molar-refractivity contribution in [3.8, 4) is 0 Å². The Kier molecular flexibility index (Phi) is 6.99. The monoisotopic (exact) mass is 374 g/mol. The van der Waals surface area contributed by atoms with Crippen LogP contribution in [0.25, 0.3) is 0 Å². The molecule has 0 spiro atoms. The van der Waals surface area contributed by atoms with Gasteiger partial charge in [0.15, 0.2) is 0 Å². The smallest absolute Gasteiger partial charge is 0.124 e. The van der Waals surface area contributed by atoms with Crippen LogP contribution in [0.1, 0.15) is 18.9 Å². The topological polar surface area (TPSA) is 15.3 Å². The number of likely N-dealkylation sites (N-methyl/N-ethyl adjacent to an activating group) is 1. The Balaban J connectivity index is 2.11. The number of nitrogens with zero attached hydrogens (tertiary/aromatic N) is 1. The normalized spacial score (nSPS) is 21.4. The van der Waals surface area contributed by atoms with Crippen LogP contribution in [0.5, 0.6) is 0 Å². The largest absolute Gasteiger partial charge is 0.312 e. The van der Waals surface area contributed by atoms with Crippen LogP contribution in [0.15, 0.2) is 22.7 Å². The lowest BCUT2D eigenvalue weighted by Gasteiger charge is -2.38. The van der Waals surface area contributed by atoms with E-state index in [1.54, 1.807) is 12.1 Å². The van der Waals surface area contributed by atoms with E-state index in [0.717, 1.165) is 36.2 Å². The van der Waals surface area contributed by atoms with Gasteiger partial charge in [0.2, 0.25) is 0 Å². The average Bonchev–Trinajstić information content (AvgIpc) is 2.46. The molecule has 0 aliphatic carbocycles. The predicted molar refractivity (Wildman–Crippen MR) is 93.6 cm³/mol. The first-order chi connectivity index (χ1) is 10.1. The number of thioether (sulfide) groups is 1. The van der Waals surface area contributed by atoms with E-state index in [-0.39, 0.29) is 5.82 Å². The minimum absolute atomic E-state index is 0.186. The third-order valence-corrected chi connectivity index (χ3v) is 5.81. The van der Waals surface area contributed by atoms with E-state index in [1.165, 1.54) is 11.3 Å². The molecule has 0 bridgehead atoms. The lowest BCUT2D eigenvalue weighted by molar-refractivity contribution is 0.213. The maximum absolute atomic E-state index is 13.2. The first-order valence-corrected chi connectivity index (χ1v) is 9.52. The lowest BCUT2D eigenvalue weighted by Crippen LogP contribution is -2.53. The number of rotatable bonds is 6. The van der Waals surface area contributed by atoms with Crippen molar-refractivity contribution >= 4 is 27.7 Å². The standard InChI is InChI=1S/C16H24BrFN2S/c1-3-6-19-15(16-11-21-8-7-20(16)2)9-12-4-5-13(18)10-14(12)17/h4-5,10,15-16,19H,3,6-9,11H2,1-2H3. The SMILES string of the molecule is CCCNC(Cc1ccc(F)cc1Br)C1CSCCN1C. The zero-order valence-corrected chi connectivity index (χ0v) is 15.1. The first kappa shape index (κ1) is 17.3. The second-order valence-electron chi connectivity index (χ2n) is 5.62. The van der Waals surface area contributed by atoms with Gasteiger partial charge in [0.1, 0.15) is 5.82 Å². The molecule has 0 radical (unpaired) electrons. The number of halogens is 2. The third-order valence-electron chi connectivity index (χ3n) is 4.02. The zero-order chi connectivity index (χ0) is 15.2. The molecule has 21 heavy (non-hydrogen) atoms. The summed E-state index contributed by atoms with van der Waals surface area (Å²) in [6.45, 7) is 4.36. The molecule has 1 aromatic carbocycles. The van der Waals surface area contributed by atoms with Gasteiger partial charge in [-0.05, 0) is 44.1 Å². The predicted octanol–water partition coefficient (Wildman–Crippen LogP) is 3.55. The van der Waals surface area contributed by atoms with E-state index in [0.29, 0.717) is 12.1 Å². The molecule has 2 nitrogen and oxygen atoms in total. The maximum atomic E-state index is 13.2. The second-order valence-corrected chi connectivity index (χ2v) is 7.63. The van der Waals surface area contributed by atoms with E-state index in [1.807, 2.05) is 17.8 Å². The number of benzene rings is 1. The summed E-state index contributed by atoms with van der Waals surface area (Å²) >= 11 is 5.53. The Morgan fingerprint density at radius 3 is 3.00 bits per heavy atom. The van der Waals surface area contributed by atoms with Gasteiger partial charge in [-0.15, -0.1) is 0 Å². The molecule has 1 saturated heterocycles. The molecule has 2 rings (SSSR count). The van der Waals surface area contributed by atoms with Crippen LogP contribution in [0, 0.1) is 5.82 Å². The van der Waals surface area contributed by atoms with Crippen molar-refractivity contribution in [2.24, 2.45) is 0 Å². The number of hydrogen-bond donors (Lipinski definition) is 1. The molecule has 0 aromatic heterocycles. The Hall–Kier alpha value is -0.100. The van der Waals surface area contributed by atoms with Crippen molar-refractivity contribution in [1.82, 2.24) is 10.2 Å². The third kappa shape index (κ3) is 4.95. The van der Waals surface area contributed by atoms with Crippen LogP contribution in [-0.4, -0.2) is 48.6 Å². The van der Waals surface area contributed by atoms with Crippen LogP contribution < -0.4 is 5.32 Å². The van der Waals surface area contributed by atoms with Gasteiger partial charge < -0.3 is 10.2 Å². The fourth-order valence-electron chi connectivity index (χ4n) is 2.73. The highest BCUT2D eigenvalue weighted by Gasteiger charge is 2.28. The van der Waals surface area contributed by atoms with Crippen molar-refractivity contribution < 1.29 is 4.39 Å². The zero-order valence-electron chi connectivity index (χ0n) is 12.7. The molecular weight excluding hydrogens is 351 g/mol. The average molecular weight is 375 g/mol. The molecule has 1 aliphatic heterocycles. The summed E-state index contributed by atoms with van der Waals surface area (Å²) in [6.07, 6.45) is 2.06. The fourth-order valence-corrected chi connectivity index (χ4v) is 4.55. The summed E-state index contributed by atoms with van der Waals surface area (Å²) in [7, 11) is 2.21. The van der Waals surface area contributed by atoms with Crippen molar-refractivity contribution in [2.75, 3.05) is 31.6 Å². The molecule has 1 fully saturated rings. The summed E-state index contributed by atoms with van der Waals surface area (Å²) < 4.78 is 14.1. The Morgan fingerprint density at radius 2 is 2.33 bits per heavy atom. The van der Waals surface area contributed by atoms with Gasteiger partial charge in [-0.3, -0.25) is 0 Å². The van der Waals surface area contributed by atoms with Crippen molar-refractivity contribution in [3.05, 3.63) is 34.1 Å². The van der Waals surface area contributed by atoms with Gasteiger partial charge in [0.25, 0.3) is 0 Å². The van der Waals surface area contributed by atoms with E-state index < -0.39 is 0 Å². The second kappa shape index (κ2) is 8.51. The van der Waals surface area contributed by atoms with E-state index in [4.69, 9.17) is 0 Å². The summed E-state index contributed by atoms with van der Waals surface area (Å²) in [4.78, 5) is 2.46. The van der Waals surface area contributed by atoms with Gasteiger partial charge in [0.05, 0.1) is 0 Å². The van der Waals surface area contributed by atoms with E-state index >= 15 is 0 Å². The molecule has 1 heterocycles. The lowest BCUT2D eigenvalue weighted by atomic mass is 9.99. The highest BCUT2D eigenvalue weighted by Crippen LogP contribution is 2.24. The van der Waals surface area contributed by atoms with Gasteiger partial charge in [-0.2, -0.15) is 11.8 Å². The van der Waals surface area contributed by atoms with Crippen LogP contribution in [-0.2, 0) is 6.42 Å². The maximum Gasteiger partial charge on any atom is 0.124 e. The molecular formula is C16H24BrFN2S.